The van der Waals surface area contributed by atoms with Gasteiger partial charge in [0.05, 0.1) is 0 Å². The van der Waals surface area contributed by atoms with Gasteiger partial charge in [-0.1, -0.05) is 0 Å². The van der Waals surface area contributed by atoms with Crippen molar-refractivity contribution in [2.75, 3.05) is 5.32 Å². The summed E-state index contributed by atoms with van der Waals surface area (Å²) in [6.45, 7) is 1.47. The van der Waals surface area contributed by atoms with E-state index in [1.54, 1.807) is 29.9 Å². The molecule has 0 saturated carbocycles. The maximum absolute atomic E-state index is 12.8. The zero-order chi connectivity index (χ0) is 15.4. The van der Waals surface area contributed by atoms with E-state index in [9.17, 15) is 14.0 Å². The third-order valence-corrected chi connectivity index (χ3v) is 2.92. The van der Waals surface area contributed by atoms with Crippen LogP contribution in [0.2, 0.25) is 0 Å². The van der Waals surface area contributed by atoms with E-state index in [4.69, 9.17) is 4.74 Å². The Labute approximate surface area is 121 Å². The van der Waals surface area contributed by atoms with Gasteiger partial charge in [0.15, 0.2) is 6.10 Å². The maximum Gasteiger partial charge on any atom is 0.355 e. The second kappa shape index (κ2) is 6.21. The molecule has 0 unspecified atom stereocenters. The van der Waals surface area contributed by atoms with Crippen LogP contribution in [0.4, 0.5) is 10.1 Å². The highest BCUT2D eigenvalue weighted by molar-refractivity contribution is 5.96. The number of ether oxygens (including phenoxy) is 1. The van der Waals surface area contributed by atoms with E-state index in [1.807, 2.05) is 0 Å². The molecule has 0 aliphatic carbocycles. The van der Waals surface area contributed by atoms with E-state index < -0.39 is 23.8 Å². The van der Waals surface area contributed by atoms with Crippen LogP contribution >= 0.6 is 0 Å². The van der Waals surface area contributed by atoms with Gasteiger partial charge in [-0.2, -0.15) is 0 Å². The quantitative estimate of drug-likeness (QED) is 0.879. The smallest absolute Gasteiger partial charge is 0.355 e. The first-order valence-electron chi connectivity index (χ1n) is 6.36. The van der Waals surface area contributed by atoms with Gasteiger partial charge in [-0.05, 0) is 43.3 Å². The van der Waals surface area contributed by atoms with E-state index in [2.05, 4.69) is 5.32 Å². The molecule has 0 bridgehead atoms. The minimum absolute atomic E-state index is 0.358. The van der Waals surface area contributed by atoms with Gasteiger partial charge in [0.1, 0.15) is 11.5 Å². The lowest BCUT2D eigenvalue weighted by Gasteiger charge is -2.13. The van der Waals surface area contributed by atoms with Gasteiger partial charge in [-0.3, -0.25) is 4.79 Å². The van der Waals surface area contributed by atoms with Crippen molar-refractivity contribution in [3.05, 3.63) is 54.1 Å². The fourth-order valence-electron chi connectivity index (χ4n) is 1.72. The molecule has 2 aromatic rings. The van der Waals surface area contributed by atoms with Crippen molar-refractivity contribution in [3.8, 4) is 0 Å². The molecule has 21 heavy (non-hydrogen) atoms. The van der Waals surface area contributed by atoms with Crippen LogP contribution in [0.5, 0.6) is 0 Å². The van der Waals surface area contributed by atoms with Gasteiger partial charge in [0.2, 0.25) is 0 Å². The number of amides is 1. The molecular formula is C15H15FN2O3. The fraction of sp³-hybridized carbons (Fsp3) is 0.200. The van der Waals surface area contributed by atoms with E-state index in [0.717, 1.165) is 0 Å². The number of halogens is 1. The van der Waals surface area contributed by atoms with Crippen LogP contribution in [0.15, 0.2) is 42.6 Å². The molecule has 1 aromatic carbocycles. The average Bonchev–Trinajstić information content (AvgIpc) is 2.87. The Bertz CT molecular complexity index is 649. The van der Waals surface area contributed by atoms with Crippen LogP contribution in [0.3, 0.4) is 0 Å². The normalized spacial score (nSPS) is 11.8. The molecule has 6 heteroatoms. The van der Waals surface area contributed by atoms with E-state index in [0.29, 0.717) is 11.4 Å². The number of carbonyl (C=O) groups excluding carboxylic acids is 2. The number of aryl methyl sites for hydroxylation is 1. The Kier molecular flexibility index (Phi) is 4.37. The zero-order valence-electron chi connectivity index (χ0n) is 11.7. The molecule has 1 heterocycles. The Morgan fingerprint density at radius 2 is 1.90 bits per heavy atom. The van der Waals surface area contributed by atoms with E-state index in [-0.39, 0.29) is 0 Å². The maximum atomic E-state index is 12.8. The molecule has 5 nitrogen and oxygen atoms in total. The highest BCUT2D eigenvalue weighted by Crippen LogP contribution is 2.10. The summed E-state index contributed by atoms with van der Waals surface area (Å²) in [6, 6.07) is 8.64. The van der Waals surface area contributed by atoms with Crippen LogP contribution in [0, 0.1) is 5.82 Å². The molecule has 0 fully saturated rings. The number of esters is 1. The Morgan fingerprint density at radius 1 is 1.24 bits per heavy atom. The lowest BCUT2D eigenvalue weighted by atomic mass is 10.3. The van der Waals surface area contributed by atoms with Gasteiger partial charge >= 0.3 is 5.97 Å². The summed E-state index contributed by atoms with van der Waals surface area (Å²) in [7, 11) is 1.71. The summed E-state index contributed by atoms with van der Waals surface area (Å²) in [5.74, 6) is -1.45. The fourth-order valence-corrected chi connectivity index (χ4v) is 1.72. The summed E-state index contributed by atoms with van der Waals surface area (Å²) in [6.07, 6.45) is 0.747. The SMILES string of the molecule is C[C@H](OC(=O)c1cccn1C)C(=O)Nc1ccc(F)cc1. The number of rotatable bonds is 4. The van der Waals surface area contributed by atoms with Crippen molar-refractivity contribution in [2.45, 2.75) is 13.0 Å². The number of anilines is 1. The molecular weight excluding hydrogens is 275 g/mol. The van der Waals surface area contributed by atoms with Crippen molar-refractivity contribution in [3.63, 3.8) is 0 Å². The molecule has 1 aromatic heterocycles. The number of nitrogens with zero attached hydrogens (tertiary/aromatic N) is 1. The summed E-state index contributed by atoms with van der Waals surface area (Å²) >= 11 is 0. The summed E-state index contributed by atoms with van der Waals surface area (Å²) in [5.41, 5.74) is 0.791. The minimum atomic E-state index is -0.961. The highest BCUT2D eigenvalue weighted by atomic mass is 19.1. The average molecular weight is 290 g/mol. The molecule has 1 N–H and O–H groups in total. The molecule has 0 spiro atoms. The third kappa shape index (κ3) is 3.68. The van der Waals surface area contributed by atoms with Crippen molar-refractivity contribution in [1.82, 2.24) is 4.57 Å². The Balaban J connectivity index is 1.95. The van der Waals surface area contributed by atoms with Gasteiger partial charge in [-0.25, -0.2) is 9.18 Å². The van der Waals surface area contributed by atoms with Gasteiger partial charge < -0.3 is 14.6 Å². The first-order valence-corrected chi connectivity index (χ1v) is 6.36. The monoisotopic (exact) mass is 290 g/mol. The van der Waals surface area contributed by atoms with Gasteiger partial charge in [-0.15, -0.1) is 0 Å². The van der Waals surface area contributed by atoms with Crippen LogP contribution in [-0.4, -0.2) is 22.5 Å². The van der Waals surface area contributed by atoms with Crippen LogP contribution in [-0.2, 0) is 16.6 Å². The Morgan fingerprint density at radius 3 is 2.48 bits per heavy atom. The van der Waals surface area contributed by atoms with E-state index in [1.165, 1.54) is 31.2 Å². The largest absolute Gasteiger partial charge is 0.448 e. The van der Waals surface area contributed by atoms with Crippen molar-refractivity contribution in [2.24, 2.45) is 7.05 Å². The summed E-state index contributed by atoms with van der Waals surface area (Å²) < 4.78 is 19.5. The van der Waals surface area contributed by atoms with Gasteiger partial charge in [0, 0.05) is 18.9 Å². The van der Waals surface area contributed by atoms with Gasteiger partial charge in [0.25, 0.3) is 5.91 Å². The zero-order valence-corrected chi connectivity index (χ0v) is 11.7. The molecule has 0 saturated heterocycles. The minimum Gasteiger partial charge on any atom is -0.448 e. The number of hydrogen-bond acceptors (Lipinski definition) is 3. The second-order valence-electron chi connectivity index (χ2n) is 4.55. The Hall–Kier alpha value is -2.63. The second-order valence-corrected chi connectivity index (χ2v) is 4.55. The number of benzene rings is 1. The number of nitrogens with one attached hydrogen (secondary N) is 1. The van der Waals surface area contributed by atoms with Crippen molar-refractivity contribution >= 4 is 17.6 Å². The predicted octanol–water partition coefficient (Wildman–Crippen LogP) is 2.35. The number of aromatic nitrogens is 1. The first-order chi connectivity index (χ1) is 9.97. The lowest BCUT2D eigenvalue weighted by molar-refractivity contribution is -0.123. The molecule has 1 amide bonds. The first kappa shape index (κ1) is 14.8. The summed E-state index contributed by atoms with van der Waals surface area (Å²) in [4.78, 5) is 23.8. The van der Waals surface area contributed by atoms with Crippen LogP contribution in [0.1, 0.15) is 17.4 Å². The van der Waals surface area contributed by atoms with Crippen LogP contribution < -0.4 is 5.32 Å². The van der Waals surface area contributed by atoms with E-state index >= 15 is 0 Å². The molecule has 0 aliphatic heterocycles. The predicted molar refractivity (Wildman–Crippen MR) is 75.3 cm³/mol. The third-order valence-electron chi connectivity index (χ3n) is 2.92. The summed E-state index contributed by atoms with van der Waals surface area (Å²) in [5, 5.41) is 2.54. The van der Waals surface area contributed by atoms with Crippen LogP contribution in [0.25, 0.3) is 0 Å². The molecule has 2 rings (SSSR count). The highest BCUT2D eigenvalue weighted by Gasteiger charge is 2.20. The number of hydrogen-bond donors (Lipinski definition) is 1. The van der Waals surface area contributed by atoms with Crippen molar-refractivity contribution in [1.29, 1.82) is 0 Å². The standard InChI is InChI=1S/C15H15FN2O3/c1-10(21-15(20)13-4-3-9-18(13)2)14(19)17-12-7-5-11(16)6-8-12/h3-10H,1-2H3,(H,17,19)/t10-/m0/s1. The number of carbonyl (C=O) groups is 2. The topological polar surface area (TPSA) is 60.3 Å². The molecule has 0 radical (unpaired) electrons. The lowest BCUT2D eigenvalue weighted by Crippen LogP contribution is -2.30. The molecule has 110 valence electrons. The molecule has 0 aliphatic rings. The molecule has 1 atom stereocenters. The van der Waals surface area contributed by atoms with Crippen molar-refractivity contribution < 1.29 is 18.7 Å².